The van der Waals surface area contributed by atoms with Crippen molar-refractivity contribution < 1.29 is 17.6 Å². The van der Waals surface area contributed by atoms with Gasteiger partial charge in [-0.25, -0.2) is 12.8 Å². The molecule has 5 nitrogen and oxygen atoms in total. The summed E-state index contributed by atoms with van der Waals surface area (Å²) in [7, 11) is -3.51. The van der Waals surface area contributed by atoms with Crippen LogP contribution in [0.4, 0.5) is 10.1 Å². The van der Waals surface area contributed by atoms with Crippen LogP contribution in [0.1, 0.15) is 23.1 Å². The van der Waals surface area contributed by atoms with Crippen LogP contribution in [-0.2, 0) is 21.4 Å². The molecule has 2 aromatic carbocycles. The van der Waals surface area contributed by atoms with Crippen LogP contribution in [0.5, 0.6) is 0 Å². The van der Waals surface area contributed by atoms with E-state index in [1.165, 1.54) is 16.4 Å². The van der Waals surface area contributed by atoms with Crippen LogP contribution in [0.15, 0.2) is 42.5 Å². The summed E-state index contributed by atoms with van der Waals surface area (Å²) in [4.78, 5) is 12.1. The maximum atomic E-state index is 12.9. The van der Waals surface area contributed by atoms with Gasteiger partial charge in [-0.05, 0) is 54.8 Å². The van der Waals surface area contributed by atoms with Crippen molar-refractivity contribution in [2.24, 2.45) is 0 Å². The Bertz CT molecular complexity index is 860. The predicted octanol–water partition coefficient (Wildman–Crippen LogP) is 2.92. The summed E-state index contributed by atoms with van der Waals surface area (Å²) < 4.78 is 38.4. The second kappa shape index (κ2) is 8.31. The fourth-order valence-electron chi connectivity index (χ4n) is 2.68. The van der Waals surface area contributed by atoms with E-state index >= 15 is 0 Å². The van der Waals surface area contributed by atoms with Crippen LogP contribution in [0, 0.1) is 19.7 Å². The van der Waals surface area contributed by atoms with Crippen molar-refractivity contribution in [3.05, 3.63) is 65.0 Å². The number of hydrogen-bond donors (Lipinski definition) is 1. The lowest BCUT2D eigenvalue weighted by Gasteiger charge is -2.23. The molecule has 0 bridgehead atoms. The molecule has 7 heteroatoms. The standard InChI is InChI=1S/C19H23FN2O3S/c1-14-10-15(2)12-18(11-14)22(26(3,24)25)9-8-19(23)21-13-16-4-6-17(20)7-5-16/h4-7,10-12H,8-9,13H2,1-3H3,(H,21,23). The van der Waals surface area contributed by atoms with E-state index in [1.807, 2.05) is 19.9 Å². The number of sulfonamides is 1. The fourth-order valence-corrected chi connectivity index (χ4v) is 3.59. The molecule has 2 aromatic rings. The average molecular weight is 378 g/mol. The Morgan fingerprint density at radius 3 is 2.19 bits per heavy atom. The summed E-state index contributed by atoms with van der Waals surface area (Å²) in [5, 5.41) is 2.72. The lowest BCUT2D eigenvalue weighted by atomic mass is 10.1. The van der Waals surface area contributed by atoms with E-state index in [0.717, 1.165) is 22.9 Å². The minimum atomic E-state index is -3.51. The molecule has 2 rings (SSSR count). The molecule has 1 amide bonds. The van der Waals surface area contributed by atoms with Crippen LogP contribution >= 0.6 is 0 Å². The Morgan fingerprint density at radius 1 is 1.08 bits per heavy atom. The Morgan fingerprint density at radius 2 is 1.65 bits per heavy atom. The molecule has 0 aromatic heterocycles. The second-order valence-corrected chi connectivity index (χ2v) is 8.24. The minimum absolute atomic E-state index is 0.0290. The van der Waals surface area contributed by atoms with Gasteiger partial charge in [0.15, 0.2) is 0 Å². The maximum Gasteiger partial charge on any atom is 0.232 e. The number of hydrogen-bond acceptors (Lipinski definition) is 3. The van der Waals surface area contributed by atoms with Gasteiger partial charge >= 0.3 is 0 Å². The van der Waals surface area contributed by atoms with Crippen molar-refractivity contribution in [2.75, 3.05) is 17.1 Å². The summed E-state index contributed by atoms with van der Waals surface area (Å²) in [5.41, 5.74) is 3.23. The van der Waals surface area contributed by atoms with Gasteiger partial charge in [0.2, 0.25) is 15.9 Å². The Hall–Kier alpha value is -2.41. The van der Waals surface area contributed by atoms with Crippen molar-refractivity contribution >= 4 is 21.6 Å². The van der Waals surface area contributed by atoms with Gasteiger partial charge in [0, 0.05) is 19.5 Å². The molecule has 0 aliphatic rings. The number of carbonyl (C=O) groups excluding carboxylic acids is 1. The molecule has 0 aliphatic carbocycles. The first-order chi connectivity index (χ1) is 12.1. The van der Waals surface area contributed by atoms with E-state index in [2.05, 4.69) is 5.32 Å². The molecular weight excluding hydrogens is 355 g/mol. The summed E-state index contributed by atoms with van der Waals surface area (Å²) in [6.45, 7) is 4.11. The first-order valence-corrected chi connectivity index (χ1v) is 10.1. The molecule has 0 saturated carbocycles. The number of carbonyl (C=O) groups is 1. The van der Waals surface area contributed by atoms with E-state index in [0.29, 0.717) is 5.69 Å². The molecule has 0 spiro atoms. The summed E-state index contributed by atoms with van der Waals surface area (Å²) in [6, 6.07) is 11.4. The average Bonchev–Trinajstić information content (AvgIpc) is 2.52. The van der Waals surface area contributed by atoms with Gasteiger partial charge in [-0.3, -0.25) is 9.10 Å². The quantitative estimate of drug-likeness (QED) is 0.806. The minimum Gasteiger partial charge on any atom is -0.352 e. The van der Waals surface area contributed by atoms with Crippen molar-refractivity contribution in [3.8, 4) is 0 Å². The van der Waals surface area contributed by atoms with E-state index in [-0.39, 0.29) is 31.2 Å². The number of nitrogens with one attached hydrogen (secondary N) is 1. The highest BCUT2D eigenvalue weighted by atomic mass is 32.2. The van der Waals surface area contributed by atoms with Crippen molar-refractivity contribution in [3.63, 3.8) is 0 Å². The first kappa shape index (κ1) is 19.9. The summed E-state index contributed by atoms with van der Waals surface area (Å²) in [6.07, 6.45) is 1.16. The third kappa shape index (κ3) is 5.84. The summed E-state index contributed by atoms with van der Waals surface area (Å²) in [5.74, 6) is -0.607. The van der Waals surface area contributed by atoms with Crippen LogP contribution in [0.3, 0.4) is 0 Å². The third-order valence-corrected chi connectivity index (χ3v) is 5.03. The smallest absolute Gasteiger partial charge is 0.232 e. The van der Waals surface area contributed by atoms with Gasteiger partial charge in [-0.2, -0.15) is 0 Å². The number of anilines is 1. The lowest BCUT2D eigenvalue weighted by Crippen LogP contribution is -2.34. The van der Waals surface area contributed by atoms with Crippen LogP contribution < -0.4 is 9.62 Å². The SMILES string of the molecule is Cc1cc(C)cc(N(CCC(=O)NCc2ccc(F)cc2)S(C)(=O)=O)c1. The van der Waals surface area contributed by atoms with Gasteiger partial charge in [-0.1, -0.05) is 18.2 Å². The number of nitrogens with zero attached hydrogens (tertiary/aromatic N) is 1. The zero-order valence-electron chi connectivity index (χ0n) is 15.1. The summed E-state index contributed by atoms with van der Waals surface area (Å²) >= 11 is 0. The van der Waals surface area contributed by atoms with Crippen molar-refractivity contribution in [1.82, 2.24) is 5.32 Å². The van der Waals surface area contributed by atoms with Crippen molar-refractivity contribution in [2.45, 2.75) is 26.8 Å². The molecule has 0 aliphatic heterocycles. The number of aryl methyl sites for hydroxylation is 2. The predicted molar refractivity (Wildman–Crippen MR) is 101 cm³/mol. The van der Waals surface area contributed by atoms with Gasteiger partial charge in [0.25, 0.3) is 0 Å². The topological polar surface area (TPSA) is 66.5 Å². The van der Waals surface area contributed by atoms with E-state index < -0.39 is 10.0 Å². The van der Waals surface area contributed by atoms with Gasteiger partial charge in [-0.15, -0.1) is 0 Å². The molecule has 0 heterocycles. The van der Waals surface area contributed by atoms with Gasteiger partial charge in [0.1, 0.15) is 5.82 Å². The molecule has 0 fully saturated rings. The molecule has 0 unspecified atom stereocenters. The molecule has 26 heavy (non-hydrogen) atoms. The number of rotatable bonds is 7. The van der Waals surface area contributed by atoms with Gasteiger partial charge in [0.05, 0.1) is 11.9 Å². The fraction of sp³-hybridized carbons (Fsp3) is 0.316. The monoisotopic (exact) mass is 378 g/mol. The van der Waals surface area contributed by atoms with Gasteiger partial charge < -0.3 is 5.32 Å². The normalized spacial score (nSPS) is 11.2. The first-order valence-electron chi connectivity index (χ1n) is 8.22. The zero-order valence-corrected chi connectivity index (χ0v) is 15.9. The Balaban J connectivity index is 2.00. The molecular formula is C19H23FN2O3S. The highest BCUT2D eigenvalue weighted by Crippen LogP contribution is 2.21. The highest BCUT2D eigenvalue weighted by Gasteiger charge is 2.19. The van der Waals surface area contributed by atoms with E-state index in [1.54, 1.807) is 24.3 Å². The highest BCUT2D eigenvalue weighted by molar-refractivity contribution is 7.92. The number of benzene rings is 2. The molecule has 1 N–H and O–H groups in total. The molecule has 140 valence electrons. The van der Waals surface area contributed by atoms with Crippen molar-refractivity contribution in [1.29, 1.82) is 0 Å². The number of amides is 1. The second-order valence-electron chi connectivity index (χ2n) is 6.33. The van der Waals surface area contributed by atoms with Crippen LogP contribution in [-0.4, -0.2) is 27.1 Å². The third-order valence-electron chi connectivity index (χ3n) is 3.84. The Kier molecular flexibility index (Phi) is 6.37. The lowest BCUT2D eigenvalue weighted by molar-refractivity contribution is -0.121. The largest absolute Gasteiger partial charge is 0.352 e. The van der Waals surface area contributed by atoms with Crippen LogP contribution in [0.2, 0.25) is 0 Å². The molecule has 0 atom stereocenters. The Labute approximate surface area is 153 Å². The maximum absolute atomic E-state index is 12.9. The number of halogens is 1. The van der Waals surface area contributed by atoms with E-state index in [9.17, 15) is 17.6 Å². The van der Waals surface area contributed by atoms with Crippen LogP contribution in [0.25, 0.3) is 0 Å². The molecule has 0 saturated heterocycles. The zero-order chi connectivity index (χ0) is 19.3. The van der Waals surface area contributed by atoms with E-state index in [4.69, 9.17) is 0 Å². The molecule has 0 radical (unpaired) electrons.